The first kappa shape index (κ1) is 16.0. The van der Waals surface area contributed by atoms with Crippen LogP contribution in [-0.4, -0.2) is 31.0 Å². The monoisotopic (exact) mass is 311 g/mol. The van der Waals surface area contributed by atoms with Gasteiger partial charge in [0.05, 0.1) is 5.38 Å². The highest BCUT2D eigenvalue weighted by molar-refractivity contribution is 6.21. The molecule has 1 amide bonds. The lowest BCUT2D eigenvalue weighted by molar-refractivity contribution is 0.0950. The summed E-state index contributed by atoms with van der Waals surface area (Å²) in [5.74, 6) is 1.15. The first-order valence-electron chi connectivity index (χ1n) is 7.17. The molecule has 1 N–H and O–H groups in total. The number of rotatable bonds is 4. The number of amides is 1. The lowest BCUT2D eigenvalue weighted by Gasteiger charge is -2.22. The minimum atomic E-state index is -0.147. The van der Waals surface area contributed by atoms with Crippen molar-refractivity contribution in [2.75, 3.05) is 19.8 Å². The highest BCUT2D eigenvalue weighted by atomic mass is 35.5. The fourth-order valence-corrected chi connectivity index (χ4v) is 2.77. The molecule has 0 spiro atoms. The molecular weight excluding hydrogens is 290 g/mol. The molecule has 0 fully saturated rings. The number of alkyl halides is 1. The molecule has 1 atom stereocenters. The molecule has 4 nitrogen and oxygen atoms in total. The summed E-state index contributed by atoms with van der Waals surface area (Å²) in [6.07, 6.45) is 0.843. The SMILES string of the molecule is CC(C)(C)CC(Cl)CNC(=O)c1ccc2c(c1)OCCO2. The van der Waals surface area contributed by atoms with Crippen molar-refractivity contribution >= 4 is 17.5 Å². The number of fused-ring (bicyclic) bond motifs is 1. The smallest absolute Gasteiger partial charge is 0.251 e. The number of nitrogens with one attached hydrogen (secondary N) is 1. The predicted molar refractivity (Wildman–Crippen MR) is 83.5 cm³/mol. The Morgan fingerprint density at radius 3 is 2.62 bits per heavy atom. The fourth-order valence-electron chi connectivity index (χ4n) is 2.23. The van der Waals surface area contributed by atoms with Crippen molar-refractivity contribution in [1.82, 2.24) is 5.32 Å². The van der Waals surface area contributed by atoms with Gasteiger partial charge in [-0.3, -0.25) is 4.79 Å². The number of carbonyl (C=O) groups excluding carboxylic acids is 1. The van der Waals surface area contributed by atoms with E-state index in [0.717, 1.165) is 6.42 Å². The molecule has 0 saturated carbocycles. The van der Waals surface area contributed by atoms with E-state index in [1.807, 2.05) is 0 Å². The summed E-state index contributed by atoms with van der Waals surface area (Å²) in [5.41, 5.74) is 0.701. The Labute approximate surface area is 130 Å². The zero-order valence-corrected chi connectivity index (χ0v) is 13.5. The predicted octanol–water partition coefficient (Wildman–Crippen LogP) is 3.23. The summed E-state index contributed by atoms with van der Waals surface area (Å²) in [6, 6.07) is 5.20. The van der Waals surface area contributed by atoms with E-state index in [9.17, 15) is 4.79 Å². The Morgan fingerprint density at radius 2 is 1.95 bits per heavy atom. The molecule has 116 valence electrons. The van der Waals surface area contributed by atoms with Gasteiger partial charge in [0, 0.05) is 12.1 Å². The van der Waals surface area contributed by atoms with Gasteiger partial charge in [0.25, 0.3) is 5.91 Å². The second-order valence-electron chi connectivity index (χ2n) is 6.43. The van der Waals surface area contributed by atoms with Gasteiger partial charge in [0.2, 0.25) is 0 Å². The van der Waals surface area contributed by atoms with Crippen molar-refractivity contribution in [3.8, 4) is 11.5 Å². The van der Waals surface area contributed by atoms with Crippen LogP contribution in [0.25, 0.3) is 0 Å². The number of hydrogen-bond donors (Lipinski definition) is 1. The maximum Gasteiger partial charge on any atom is 0.251 e. The first-order valence-corrected chi connectivity index (χ1v) is 7.61. The van der Waals surface area contributed by atoms with Crippen molar-refractivity contribution in [1.29, 1.82) is 0 Å². The molecule has 0 radical (unpaired) electrons. The lowest BCUT2D eigenvalue weighted by atomic mass is 9.90. The largest absolute Gasteiger partial charge is 0.486 e. The number of carbonyl (C=O) groups is 1. The number of halogens is 1. The average molecular weight is 312 g/mol. The van der Waals surface area contributed by atoms with Crippen LogP contribution in [0.3, 0.4) is 0 Å². The van der Waals surface area contributed by atoms with Gasteiger partial charge in [-0.05, 0) is 30.0 Å². The van der Waals surface area contributed by atoms with E-state index in [1.165, 1.54) is 0 Å². The number of ether oxygens (including phenoxy) is 2. The summed E-state index contributed by atoms with van der Waals surface area (Å²) in [5, 5.41) is 2.78. The molecule has 0 bridgehead atoms. The minimum Gasteiger partial charge on any atom is -0.486 e. The third-order valence-corrected chi connectivity index (χ3v) is 3.43. The number of benzene rings is 1. The van der Waals surface area contributed by atoms with E-state index in [0.29, 0.717) is 36.8 Å². The summed E-state index contributed by atoms with van der Waals surface area (Å²) in [7, 11) is 0. The zero-order chi connectivity index (χ0) is 15.5. The molecule has 2 rings (SSSR count). The Bertz CT molecular complexity index is 511. The van der Waals surface area contributed by atoms with Crippen molar-refractivity contribution in [3.63, 3.8) is 0 Å². The first-order chi connectivity index (χ1) is 9.85. The van der Waals surface area contributed by atoms with E-state index in [-0.39, 0.29) is 16.7 Å². The van der Waals surface area contributed by atoms with Crippen molar-refractivity contribution in [2.45, 2.75) is 32.6 Å². The van der Waals surface area contributed by atoms with Crippen LogP contribution < -0.4 is 14.8 Å². The molecule has 0 aliphatic carbocycles. The molecule has 1 aliphatic heterocycles. The molecule has 21 heavy (non-hydrogen) atoms. The molecule has 1 unspecified atom stereocenters. The molecule has 1 aromatic rings. The maximum absolute atomic E-state index is 12.1. The molecule has 5 heteroatoms. The van der Waals surface area contributed by atoms with Crippen LogP contribution in [0, 0.1) is 5.41 Å². The van der Waals surface area contributed by atoms with E-state index >= 15 is 0 Å². The van der Waals surface area contributed by atoms with Crippen LogP contribution in [-0.2, 0) is 0 Å². The van der Waals surface area contributed by atoms with Crippen LogP contribution in [0.4, 0.5) is 0 Å². The molecule has 1 aliphatic rings. The van der Waals surface area contributed by atoms with Crippen LogP contribution in [0.2, 0.25) is 0 Å². The van der Waals surface area contributed by atoms with Crippen molar-refractivity contribution < 1.29 is 14.3 Å². The maximum atomic E-state index is 12.1. The van der Waals surface area contributed by atoms with Gasteiger partial charge in [-0.1, -0.05) is 20.8 Å². The van der Waals surface area contributed by atoms with Gasteiger partial charge < -0.3 is 14.8 Å². The topological polar surface area (TPSA) is 47.6 Å². The quantitative estimate of drug-likeness (QED) is 0.868. The third-order valence-electron chi connectivity index (χ3n) is 3.12. The highest BCUT2D eigenvalue weighted by Gasteiger charge is 2.19. The minimum absolute atomic E-state index is 0.0776. The van der Waals surface area contributed by atoms with E-state index < -0.39 is 0 Å². The lowest BCUT2D eigenvalue weighted by Crippen LogP contribution is -2.31. The van der Waals surface area contributed by atoms with Crippen LogP contribution in [0.1, 0.15) is 37.6 Å². The van der Waals surface area contributed by atoms with Gasteiger partial charge in [0.15, 0.2) is 11.5 Å². The Kier molecular flexibility index (Phi) is 4.99. The average Bonchev–Trinajstić information content (AvgIpc) is 2.42. The van der Waals surface area contributed by atoms with Crippen molar-refractivity contribution in [3.05, 3.63) is 23.8 Å². The van der Waals surface area contributed by atoms with Crippen LogP contribution >= 0.6 is 11.6 Å². The molecular formula is C16H22ClNO3. The van der Waals surface area contributed by atoms with Gasteiger partial charge >= 0.3 is 0 Å². The fraction of sp³-hybridized carbons (Fsp3) is 0.562. The number of hydrogen-bond acceptors (Lipinski definition) is 3. The second-order valence-corrected chi connectivity index (χ2v) is 7.05. The summed E-state index contributed by atoms with van der Waals surface area (Å²) in [4.78, 5) is 12.1. The summed E-state index contributed by atoms with van der Waals surface area (Å²) >= 11 is 6.25. The third kappa shape index (κ3) is 4.81. The normalized spacial score (nSPS) is 15.4. The molecule has 0 saturated heterocycles. The van der Waals surface area contributed by atoms with Gasteiger partial charge in [0.1, 0.15) is 13.2 Å². The van der Waals surface area contributed by atoms with Gasteiger partial charge in [-0.2, -0.15) is 0 Å². The highest BCUT2D eigenvalue weighted by Crippen LogP contribution is 2.30. The summed E-state index contributed by atoms with van der Waals surface area (Å²) < 4.78 is 10.9. The Balaban J connectivity index is 1.91. The molecule has 1 heterocycles. The standard InChI is InChI=1S/C16H22ClNO3/c1-16(2,3)9-12(17)10-18-15(19)11-4-5-13-14(8-11)21-7-6-20-13/h4-5,8,12H,6-7,9-10H2,1-3H3,(H,18,19). The van der Waals surface area contributed by atoms with E-state index in [2.05, 4.69) is 26.1 Å². The van der Waals surface area contributed by atoms with Gasteiger partial charge in [-0.15, -0.1) is 11.6 Å². The Morgan fingerprint density at radius 1 is 1.29 bits per heavy atom. The van der Waals surface area contributed by atoms with Crippen molar-refractivity contribution in [2.24, 2.45) is 5.41 Å². The van der Waals surface area contributed by atoms with Crippen LogP contribution in [0.15, 0.2) is 18.2 Å². The zero-order valence-electron chi connectivity index (χ0n) is 12.7. The van der Waals surface area contributed by atoms with E-state index in [4.69, 9.17) is 21.1 Å². The molecule has 0 aromatic heterocycles. The van der Waals surface area contributed by atoms with E-state index in [1.54, 1.807) is 18.2 Å². The summed E-state index contributed by atoms with van der Waals surface area (Å²) in [6.45, 7) is 7.89. The van der Waals surface area contributed by atoms with Crippen LogP contribution in [0.5, 0.6) is 11.5 Å². The van der Waals surface area contributed by atoms with Gasteiger partial charge in [-0.25, -0.2) is 0 Å². The molecule has 1 aromatic carbocycles. The Hall–Kier alpha value is -1.42. The second kappa shape index (κ2) is 6.56.